The van der Waals surface area contributed by atoms with Gasteiger partial charge in [0.05, 0.1) is 11.8 Å². The molecule has 10 heteroatoms. The summed E-state index contributed by atoms with van der Waals surface area (Å²) >= 11 is 0. The predicted molar refractivity (Wildman–Crippen MR) is 129 cm³/mol. The van der Waals surface area contributed by atoms with E-state index in [2.05, 4.69) is 0 Å². The van der Waals surface area contributed by atoms with Crippen LogP contribution >= 0.6 is 12.4 Å². The smallest absolute Gasteiger partial charge is 0.210 e. The van der Waals surface area contributed by atoms with Crippen molar-refractivity contribution in [3.8, 4) is 0 Å². The Labute approximate surface area is 216 Å². The number of hydrogen-bond donors (Lipinski definition) is 0. The first-order chi connectivity index (χ1) is 17.1. The van der Waals surface area contributed by atoms with Crippen LogP contribution in [0.2, 0.25) is 0 Å². The second-order valence-electron chi connectivity index (χ2n) is 9.27. The van der Waals surface area contributed by atoms with Crippen LogP contribution in [-0.2, 0) is 19.2 Å². The third-order valence-corrected chi connectivity index (χ3v) is 7.08. The van der Waals surface area contributed by atoms with Crippen molar-refractivity contribution in [3.05, 3.63) is 70.8 Å². The van der Waals surface area contributed by atoms with E-state index in [0.29, 0.717) is 0 Å². The van der Waals surface area contributed by atoms with Gasteiger partial charge in [0, 0.05) is 35.3 Å². The van der Waals surface area contributed by atoms with Crippen LogP contribution < -0.4 is 0 Å². The summed E-state index contributed by atoms with van der Waals surface area (Å²) in [5.41, 5.74) is 0.305. The summed E-state index contributed by atoms with van der Waals surface area (Å²) < 4.78 is 0. The molecule has 0 N–H and O–H groups in total. The highest BCUT2D eigenvalue weighted by molar-refractivity contribution is 6.49. The third-order valence-electron chi connectivity index (χ3n) is 7.08. The molecule has 0 radical (unpaired) electrons. The number of halogens is 1. The highest BCUT2D eigenvalue weighted by atomic mass is 35.5. The van der Waals surface area contributed by atoms with Gasteiger partial charge in [-0.2, -0.15) is 0 Å². The van der Waals surface area contributed by atoms with Gasteiger partial charge >= 0.3 is 0 Å². The lowest BCUT2D eigenvalue weighted by molar-refractivity contribution is -0.146. The molecule has 2 aromatic rings. The second-order valence-corrected chi connectivity index (χ2v) is 9.27. The zero-order valence-corrected chi connectivity index (χ0v) is 20.3. The molecule has 2 aromatic carbocycles. The van der Waals surface area contributed by atoms with E-state index in [1.165, 1.54) is 36.2 Å². The Morgan fingerprint density at radius 2 is 0.838 bits per heavy atom. The van der Waals surface area contributed by atoms with Crippen molar-refractivity contribution >= 4 is 58.7 Å². The van der Waals surface area contributed by atoms with E-state index in [9.17, 15) is 38.4 Å². The molecule has 2 unspecified atom stereocenters. The highest BCUT2D eigenvalue weighted by Crippen LogP contribution is 2.33. The number of rotatable bonds is 4. The Morgan fingerprint density at radius 1 is 0.568 bits per heavy atom. The molecule has 0 bridgehead atoms. The zero-order valence-electron chi connectivity index (χ0n) is 19.5. The average Bonchev–Trinajstić information content (AvgIpc) is 3.24. The number of likely N-dealkylation sites (tertiary alicyclic amines) is 1. The van der Waals surface area contributed by atoms with Crippen LogP contribution in [-0.4, -0.2) is 71.3 Å². The van der Waals surface area contributed by atoms with Gasteiger partial charge in [0.15, 0.2) is 34.7 Å². The minimum Gasteiger partial charge on any atom is -0.304 e. The summed E-state index contributed by atoms with van der Waals surface area (Å²) in [5.74, 6) is -14.1. The summed E-state index contributed by atoms with van der Waals surface area (Å²) in [6.07, 6.45) is 0. The van der Waals surface area contributed by atoms with Crippen LogP contribution in [0.1, 0.15) is 41.4 Å². The maximum Gasteiger partial charge on any atom is 0.210 e. The van der Waals surface area contributed by atoms with Crippen molar-refractivity contribution in [2.75, 3.05) is 20.1 Å². The largest absolute Gasteiger partial charge is 0.304 e. The van der Waals surface area contributed by atoms with Crippen LogP contribution in [0.4, 0.5) is 0 Å². The Morgan fingerprint density at radius 3 is 1.11 bits per heavy atom. The lowest BCUT2D eigenvalue weighted by atomic mass is 9.81. The Kier molecular flexibility index (Phi) is 6.70. The van der Waals surface area contributed by atoms with Gasteiger partial charge < -0.3 is 4.90 Å². The van der Waals surface area contributed by atoms with E-state index in [1.54, 1.807) is 24.3 Å². The van der Waals surface area contributed by atoms with Crippen LogP contribution in [0, 0.1) is 23.7 Å². The number of fused-ring (bicyclic) bond motifs is 2. The molecule has 0 amide bonds. The molecular weight excluding hydrogens is 502 g/mol. The van der Waals surface area contributed by atoms with E-state index >= 15 is 0 Å². The van der Waals surface area contributed by atoms with Crippen molar-refractivity contribution in [1.82, 2.24) is 4.90 Å². The number of Topliss-reactive ketones (excluding diaryl/α,β-unsaturated/α-hetero) is 8. The molecule has 3 aliphatic rings. The maximum atomic E-state index is 13.3. The van der Waals surface area contributed by atoms with Crippen molar-refractivity contribution < 1.29 is 38.4 Å². The molecule has 188 valence electrons. The lowest BCUT2D eigenvalue weighted by Gasteiger charge is -2.20. The van der Waals surface area contributed by atoms with Crippen LogP contribution in [0.5, 0.6) is 0 Å². The van der Waals surface area contributed by atoms with Gasteiger partial charge in [-0.05, 0) is 7.05 Å². The molecule has 0 spiro atoms. The van der Waals surface area contributed by atoms with E-state index in [4.69, 9.17) is 0 Å². The fraction of sp³-hybridized carbons (Fsp3) is 0.259. The number of carbonyl (C=O) groups excluding carboxylic acids is 8. The number of hydrogen-bond acceptors (Lipinski definition) is 9. The predicted octanol–water partition coefficient (Wildman–Crippen LogP) is 1.25. The maximum absolute atomic E-state index is 13.3. The van der Waals surface area contributed by atoms with Crippen molar-refractivity contribution in [1.29, 1.82) is 0 Å². The lowest BCUT2D eigenvalue weighted by Crippen LogP contribution is -2.43. The Hall–Kier alpha value is -3.95. The third kappa shape index (κ3) is 3.91. The van der Waals surface area contributed by atoms with Gasteiger partial charge in [-0.3, -0.25) is 38.4 Å². The van der Waals surface area contributed by atoms with E-state index in [1.807, 2.05) is 0 Å². The standard InChI is InChI=1S/C27H19NO8.ClH/c1-28-10-16(24(33)18-20(29)12-6-2-3-7-13(12)21(18)30)26(35)27(36)17(11-28)25(34)19-22(31)14-8-4-5-9-15(14)23(19)32;/h2-9,16-19H,10-11H2,1H3;1H. The zero-order chi connectivity index (χ0) is 25.9. The Balaban J connectivity index is 0.00000320. The Bertz CT molecular complexity index is 1270. The second kappa shape index (κ2) is 9.49. The molecule has 0 aromatic heterocycles. The monoisotopic (exact) mass is 521 g/mol. The number of carbonyl (C=O) groups is 8. The first kappa shape index (κ1) is 26.1. The molecule has 0 saturated carbocycles. The molecule has 2 aliphatic carbocycles. The molecule has 37 heavy (non-hydrogen) atoms. The quantitative estimate of drug-likeness (QED) is 0.429. The topological polar surface area (TPSA) is 140 Å². The van der Waals surface area contributed by atoms with Crippen LogP contribution in [0.3, 0.4) is 0 Å². The number of benzene rings is 2. The molecule has 1 fully saturated rings. The molecule has 5 rings (SSSR count). The fourth-order valence-electron chi connectivity index (χ4n) is 5.25. The van der Waals surface area contributed by atoms with Crippen LogP contribution in [0.15, 0.2) is 48.5 Å². The number of ketones is 8. The normalized spacial score (nSPS) is 22.5. The molecule has 1 aliphatic heterocycles. The van der Waals surface area contributed by atoms with Crippen molar-refractivity contribution in [2.45, 2.75) is 0 Å². The summed E-state index contributed by atoms with van der Waals surface area (Å²) in [6.45, 7) is -0.596. The van der Waals surface area contributed by atoms with Gasteiger partial charge in [0.1, 0.15) is 11.8 Å². The first-order valence-electron chi connectivity index (χ1n) is 11.3. The van der Waals surface area contributed by atoms with E-state index in [0.717, 1.165) is 0 Å². The van der Waals surface area contributed by atoms with E-state index < -0.39 is 69.9 Å². The fourth-order valence-corrected chi connectivity index (χ4v) is 5.25. The van der Waals surface area contributed by atoms with Crippen molar-refractivity contribution in [2.24, 2.45) is 23.7 Å². The van der Waals surface area contributed by atoms with Gasteiger partial charge in [-0.1, -0.05) is 48.5 Å². The minimum absolute atomic E-state index is 0. The summed E-state index contributed by atoms with van der Waals surface area (Å²) in [4.78, 5) is 105. The van der Waals surface area contributed by atoms with Gasteiger partial charge in [0.25, 0.3) is 0 Å². The van der Waals surface area contributed by atoms with Gasteiger partial charge in [0.2, 0.25) is 11.6 Å². The average molecular weight is 522 g/mol. The van der Waals surface area contributed by atoms with Crippen LogP contribution in [0.25, 0.3) is 0 Å². The van der Waals surface area contributed by atoms with Gasteiger partial charge in [-0.15, -0.1) is 12.4 Å². The molecule has 9 nitrogen and oxygen atoms in total. The minimum atomic E-state index is -1.74. The summed E-state index contributed by atoms with van der Waals surface area (Å²) in [6, 6.07) is 11.8. The highest BCUT2D eigenvalue weighted by Gasteiger charge is 2.53. The molecule has 2 atom stereocenters. The van der Waals surface area contributed by atoms with Crippen molar-refractivity contribution in [3.63, 3.8) is 0 Å². The number of nitrogens with zero attached hydrogens (tertiary/aromatic N) is 1. The molecular formula is C27H20ClNO8. The van der Waals surface area contributed by atoms with Gasteiger partial charge in [-0.25, -0.2) is 0 Å². The summed E-state index contributed by atoms with van der Waals surface area (Å²) in [5, 5.41) is 0. The van der Waals surface area contributed by atoms with E-state index in [-0.39, 0.29) is 47.8 Å². The molecule has 1 heterocycles. The first-order valence-corrected chi connectivity index (χ1v) is 11.3. The summed E-state index contributed by atoms with van der Waals surface area (Å²) in [7, 11) is 1.46. The molecule has 1 saturated heterocycles. The SMILES string of the molecule is CN1CC(C(=O)C2C(=O)c3ccccc3C2=O)C(=O)C(=O)C(C(=O)C2C(=O)c3ccccc3C2=O)C1.Cl.